The molecule has 1 aliphatic rings. The average Bonchev–Trinajstić information content (AvgIpc) is 3.29. The van der Waals surface area contributed by atoms with E-state index in [0.717, 1.165) is 29.2 Å². The monoisotopic (exact) mass is 377 g/mol. The molecule has 0 unspecified atom stereocenters. The third-order valence-corrected chi connectivity index (χ3v) is 5.47. The number of hydrogen-bond donors (Lipinski definition) is 1. The van der Waals surface area contributed by atoms with Gasteiger partial charge in [0, 0.05) is 29.9 Å². The van der Waals surface area contributed by atoms with E-state index in [0.29, 0.717) is 22.7 Å². The van der Waals surface area contributed by atoms with Gasteiger partial charge in [0.05, 0.1) is 10.7 Å². The first kappa shape index (κ1) is 17.4. The number of carbonyl (C=O) groups is 2. The van der Waals surface area contributed by atoms with Crippen molar-refractivity contribution in [3.8, 4) is 11.3 Å². The van der Waals surface area contributed by atoms with Gasteiger partial charge in [-0.1, -0.05) is 30.3 Å². The van der Waals surface area contributed by atoms with Gasteiger partial charge in [-0.05, 0) is 37.6 Å². The third kappa shape index (κ3) is 3.61. The van der Waals surface area contributed by atoms with Crippen LogP contribution in [0, 0.1) is 6.92 Å². The Labute approximate surface area is 161 Å². The molecule has 0 bridgehead atoms. The molecule has 2 heterocycles. The van der Waals surface area contributed by atoms with Gasteiger partial charge in [0.2, 0.25) is 5.91 Å². The fourth-order valence-corrected chi connectivity index (χ4v) is 4.04. The number of carbonyl (C=O) groups excluding carboxylic acids is 2. The molecule has 2 aromatic carbocycles. The summed E-state index contributed by atoms with van der Waals surface area (Å²) in [6.45, 7) is 2.65. The Balaban J connectivity index is 1.54. The van der Waals surface area contributed by atoms with Crippen LogP contribution in [0.2, 0.25) is 0 Å². The second kappa shape index (κ2) is 7.32. The fraction of sp³-hybridized carbons (Fsp3) is 0.190. The van der Waals surface area contributed by atoms with Gasteiger partial charge in [0.1, 0.15) is 4.88 Å². The SMILES string of the molecule is Cc1nc(-c2ccccc2)c(C(=O)Nc2ccc(N3CCCC3=O)cc2)s1. The van der Waals surface area contributed by atoms with Gasteiger partial charge in [0.15, 0.2) is 0 Å². The van der Waals surface area contributed by atoms with Crippen molar-refractivity contribution in [2.24, 2.45) is 0 Å². The summed E-state index contributed by atoms with van der Waals surface area (Å²) in [6.07, 6.45) is 1.50. The number of anilines is 2. The lowest BCUT2D eigenvalue weighted by Crippen LogP contribution is -2.23. The minimum atomic E-state index is -0.176. The highest BCUT2D eigenvalue weighted by molar-refractivity contribution is 7.14. The van der Waals surface area contributed by atoms with Crippen molar-refractivity contribution in [3.05, 3.63) is 64.5 Å². The van der Waals surface area contributed by atoms with Gasteiger partial charge in [-0.25, -0.2) is 4.98 Å². The number of thiazole rings is 1. The van der Waals surface area contributed by atoms with Gasteiger partial charge < -0.3 is 10.2 Å². The highest BCUT2D eigenvalue weighted by atomic mass is 32.1. The number of aryl methyl sites for hydroxylation is 1. The zero-order chi connectivity index (χ0) is 18.8. The van der Waals surface area contributed by atoms with Crippen molar-refractivity contribution in [1.29, 1.82) is 0 Å². The van der Waals surface area contributed by atoms with Crippen molar-refractivity contribution in [2.45, 2.75) is 19.8 Å². The van der Waals surface area contributed by atoms with Crippen LogP contribution in [-0.2, 0) is 4.79 Å². The lowest BCUT2D eigenvalue weighted by Gasteiger charge is -2.16. The molecule has 0 radical (unpaired) electrons. The van der Waals surface area contributed by atoms with E-state index >= 15 is 0 Å². The topological polar surface area (TPSA) is 62.3 Å². The smallest absolute Gasteiger partial charge is 0.268 e. The largest absolute Gasteiger partial charge is 0.321 e. The number of rotatable bonds is 4. The quantitative estimate of drug-likeness (QED) is 0.728. The molecule has 6 heteroatoms. The number of benzene rings is 2. The molecule has 0 atom stereocenters. The highest BCUT2D eigenvalue weighted by Crippen LogP contribution is 2.29. The molecule has 3 aromatic rings. The van der Waals surface area contributed by atoms with Crippen LogP contribution in [0.4, 0.5) is 11.4 Å². The van der Waals surface area contributed by atoms with Crippen LogP contribution in [0.3, 0.4) is 0 Å². The van der Waals surface area contributed by atoms with Crippen LogP contribution in [0.15, 0.2) is 54.6 Å². The summed E-state index contributed by atoms with van der Waals surface area (Å²) in [5.41, 5.74) is 3.19. The predicted molar refractivity (Wildman–Crippen MR) is 108 cm³/mol. The van der Waals surface area contributed by atoms with Crippen molar-refractivity contribution < 1.29 is 9.59 Å². The molecule has 1 N–H and O–H groups in total. The van der Waals surface area contributed by atoms with Gasteiger partial charge >= 0.3 is 0 Å². The minimum Gasteiger partial charge on any atom is -0.321 e. The maximum atomic E-state index is 12.8. The van der Waals surface area contributed by atoms with Crippen molar-refractivity contribution in [1.82, 2.24) is 4.98 Å². The first-order valence-corrected chi connectivity index (χ1v) is 9.68. The van der Waals surface area contributed by atoms with Crippen LogP contribution >= 0.6 is 11.3 Å². The molecule has 0 spiro atoms. The third-order valence-electron chi connectivity index (χ3n) is 4.50. The predicted octanol–water partition coefficient (Wildman–Crippen LogP) is 4.50. The molecule has 1 fully saturated rings. The first-order valence-electron chi connectivity index (χ1n) is 8.86. The second-order valence-corrected chi connectivity index (χ2v) is 7.63. The van der Waals surface area contributed by atoms with Crippen molar-refractivity contribution in [2.75, 3.05) is 16.8 Å². The molecular weight excluding hydrogens is 358 g/mol. The van der Waals surface area contributed by atoms with Crippen molar-refractivity contribution in [3.63, 3.8) is 0 Å². The summed E-state index contributed by atoms with van der Waals surface area (Å²) in [7, 11) is 0. The summed E-state index contributed by atoms with van der Waals surface area (Å²) in [4.78, 5) is 31.6. The van der Waals surface area contributed by atoms with Crippen LogP contribution in [-0.4, -0.2) is 23.3 Å². The summed E-state index contributed by atoms with van der Waals surface area (Å²) in [6, 6.07) is 17.1. The molecule has 0 saturated carbocycles. The molecule has 1 saturated heterocycles. The Bertz CT molecular complexity index is 980. The van der Waals surface area contributed by atoms with Crippen LogP contribution in [0.1, 0.15) is 27.5 Å². The Kier molecular flexibility index (Phi) is 4.73. The lowest BCUT2D eigenvalue weighted by atomic mass is 10.1. The van der Waals surface area contributed by atoms with Crippen LogP contribution in [0.5, 0.6) is 0 Å². The summed E-state index contributed by atoms with van der Waals surface area (Å²) < 4.78 is 0. The molecule has 0 aliphatic carbocycles. The zero-order valence-electron chi connectivity index (χ0n) is 14.9. The normalized spacial score (nSPS) is 13.8. The molecule has 2 amide bonds. The van der Waals surface area contributed by atoms with Crippen molar-refractivity contribution >= 4 is 34.5 Å². The Morgan fingerprint density at radius 3 is 2.52 bits per heavy atom. The van der Waals surface area contributed by atoms with E-state index in [-0.39, 0.29) is 11.8 Å². The second-order valence-electron chi connectivity index (χ2n) is 6.43. The fourth-order valence-electron chi connectivity index (χ4n) is 3.21. The molecular formula is C21H19N3O2S. The van der Waals surface area contributed by atoms with Crippen LogP contribution in [0.25, 0.3) is 11.3 Å². The molecule has 27 heavy (non-hydrogen) atoms. The zero-order valence-corrected chi connectivity index (χ0v) is 15.8. The van der Waals surface area contributed by atoms with E-state index in [1.165, 1.54) is 11.3 Å². The van der Waals surface area contributed by atoms with Crippen LogP contribution < -0.4 is 10.2 Å². The molecule has 4 rings (SSSR count). The molecule has 5 nitrogen and oxygen atoms in total. The maximum Gasteiger partial charge on any atom is 0.268 e. The highest BCUT2D eigenvalue weighted by Gasteiger charge is 2.22. The Morgan fingerprint density at radius 1 is 1.11 bits per heavy atom. The minimum absolute atomic E-state index is 0.152. The van der Waals surface area contributed by atoms with Gasteiger partial charge in [-0.15, -0.1) is 11.3 Å². The van der Waals surface area contributed by atoms with E-state index in [2.05, 4.69) is 10.3 Å². The van der Waals surface area contributed by atoms with E-state index in [1.807, 2.05) is 61.5 Å². The number of nitrogens with one attached hydrogen (secondary N) is 1. The Morgan fingerprint density at radius 2 is 1.85 bits per heavy atom. The first-order chi connectivity index (χ1) is 13.1. The summed E-state index contributed by atoms with van der Waals surface area (Å²) in [5.74, 6) is -0.0242. The van der Waals surface area contributed by atoms with E-state index in [4.69, 9.17) is 0 Å². The average molecular weight is 377 g/mol. The van der Waals surface area contributed by atoms with Gasteiger partial charge in [-0.2, -0.15) is 0 Å². The number of nitrogens with zero attached hydrogens (tertiary/aromatic N) is 2. The van der Waals surface area contributed by atoms with Gasteiger partial charge in [0.25, 0.3) is 5.91 Å². The number of aromatic nitrogens is 1. The summed E-state index contributed by atoms with van der Waals surface area (Å²) >= 11 is 1.38. The maximum absolute atomic E-state index is 12.8. The van der Waals surface area contributed by atoms with Gasteiger partial charge in [-0.3, -0.25) is 9.59 Å². The molecule has 136 valence electrons. The molecule has 1 aliphatic heterocycles. The lowest BCUT2D eigenvalue weighted by molar-refractivity contribution is -0.117. The Hall–Kier alpha value is -2.99. The summed E-state index contributed by atoms with van der Waals surface area (Å²) in [5, 5.41) is 3.79. The standard InChI is InChI=1S/C21H19N3O2S/c1-14-22-19(15-6-3-2-4-7-15)20(27-14)21(26)23-16-9-11-17(12-10-16)24-13-5-8-18(24)25/h2-4,6-7,9-12H,5,8,13H2,1H3,(H,23,26). The van der Waals surface area contributed by atoms with E-state index < -0.39 is 0 Å². The number of amides is 2. The number of hydrogen-bond acceptors (Lipinski definition) is 4. The van der Waals surface area contributed by atoms with E-state index in [9.17, 15) is 9.59 Å². The van der Waals surface area contributed by atoms with E-state index in [1.54, 1.807) is 4.90 Å². The molecule has 1 aromatic heterocycles.